The number of nitrogens with zero attached hydrogens (tertiary/aromatic N) is 2. The van der Waals surface area contributed by atoms with E-state index in [9.17, 15) is 4.79 Å². The van der Waals surface area contributed by atoms with E-state index in [1.54, 1.807) is 29.4 Å². The van der Waals surface area contributed by atoms with Crippen LogP contribution < -0.4 is 4.90 Å². The van der Waals surface area contributed by atoms with Crippen molar-refractivity contribution in [1.82, 2.24) is 4.98 Å². The Hall–Kier alpha value is -2.65. The minimum atomic E-state index is -0.0868. The number of hydrogen-bond donors (Lipinski definition) is 0. The summed E-state index contributed by atoms with van der Waals surface area (Å²) in [5.41, 5.74) is 4.40. The van der Waals surface area contributed by atoms with Gasteiger partial charge in [-0.05, 0) is 48.7 Å². The van der Waals surface area contributed by atoms with Crippen LogP contribution >= 0.6 is 11.6 Å². The van der Waals surface area contributed by atoms with Crippen molar-refractivity contribution in [3.8, 4) is 0 Å². The van der Waals surface area contributed by atoms with Crippen molar-refractivity contribution in [2.24, 2.45) is 0 Å². The molecule has 0 spiro atoms. The highest BCUT2D eigenvalue weighted by Crippen LogP contribution is 2.29. The normalized spacial score (nSPS) is 10.5. The number of aromatic nitrogens is 1. The number of hydrogen-bond acceptors (Lipinski definition) is 2. The lowest BCUT2D eigenvalue weighted by Crippen LogP contribution is -2.31. The Morgan fingerprint density at radius 3 is 2.44 bits per heavy atom. The lowest BCUT2D eigenvalue weighted by atomic mass is 10.1. The van der Waals surface area contributed by atoms with Crippen LogP contribution in [0.4, 0.5) is 5.69 Å². The van der Waals surface area contributed by atoms with Crippen LogP contribution in [-0.4, -0.2) is 10.9 Å². The first-order valence-corrected chi connectivity index (χ1v) is 8.47. The van der Waals surface area contributed by atoms with Gasteiger partial charge in [0.2, 0.25) is 0 Å². The smallest absolute Gasteiger partial charge is 0.259 e. The summed E-state index contributed by atoms with van der Waals surface area (Å²) in [7, 11) is 0. The van der Waals surface area contributed by atoms with Gasteiger partial charge in [-0.15, -0.1) is 0 Å². The van der Waals surface area contributed by atoms with Crippen LogP contribution in [0.3, 0.4) is 0 Å². The quantitative estimate of drug-likeness (QED) is 0.648. The van der Waals surface area contributed by atoms with Gasteiger partial charge in [-0.2, -0.15) is 0 Å². The maximum absolute atomic E-state index is 13.3. The maximum atomic E-state index is 13.3. The molecule has 0 atom stereocenters. The van der Waals surface area contributed by atoms with Crippen molar-refractivity contribution in [2.45, 2.75) is 20.4 Å². The van der Waals surface area contributed by atoms with Gasteiger partial charge in [-0.1, -0.05) is 48.0 Å². The van der Waals surface area contributed by atoms with Gasteiger partial charge in [0, 0.05) is 18.0 Å². The third kappa shape index (κ3) is 3.72. The number of para-hydroxylation sites is 1. The van der Waals surface area contributed by atoms with Crippen molar-refractivity contribution in [3.05, 3.63) is 94.3 Å². The molecular weight excluding hydrogens is 332 g/mol. The molecule has 25 heavy (non-hydrogen) atoms. The third-order valence-electron chi connectivity index (χ3n) is 4.23. The van der Waals surface area contributed by atoms with Crippen molar-refractivity contribution < 1.29 is 4.79 Å². The summed E-state index contributed by atoms with van der Waals surface area (Å²) >= 11 is 6.39. The number of rotatable bonds is 4. The second-order valence-electron chi connectivity index (χ2n) is 5.96. The molecule has 0 unspecified atom stereocenters. The number of halogens is 1. The van der Waals surface area contributed by atoms with Gasteiger partial charge in [0.25, 0.3) is 5.91 Å². The Morgan fingerprint density at radius 2 is 1.72 bits per heavy atom. The summed E-state index contributed by atoms with van der Waals surface area (Å²) in [6.45, 7) is 4.39. The van der Waals surface area contributed by atoms with Gasteiger partial charge in [-0.3, -0.25) is 9.78 Å². The number of pyridine rings is 1. The summed E-state index contributed by atoms with van der Waals surface area (Å²) in [5, 5.41) is 0.552. The average Bonchev–Trinajstić information content (AvgIpc) is 2.62. The summed E-state index contributed by atoms with van der Waals surface area (Å²) in [6, 6.07) is 17.2. The highest BCUT2D eigenvalue weighted by molar-refractivity contribution is 6.34. The van der Waals surface area contributed by atoms with Crippen molar-refractivity contribution in [1.29, 1.82) is 0 Å². The van der Waals surface area contributed by atoms with Gasteiger partial charge in [0.15, 0.2) is 0 Å². The van der Waals surface area contributed by atoms with E-state index in [2.05, 4.69) is 4.98 Å². The maximum Gasteiger partial charge on any atom is 0.259 e. The number of benzene rings is 2. The van der Waals surface area contributed by atoms with E-state index in [1.165, 1.54) is 0 Å². The van der Waals surface area contributed by atoms with Crippen LogP contribution in [0.1, 0.15) is 27.0 Å². The van der Waals surface area contributed by atoms with Crippen LogP contribution in [0.2, 0.25) is 5.02 Å². The standard InChI is InChI=1S/C21H19ClN2O/c1-15-7-3-4-8-17(15)14-24(20-10-6-5-9-19(20)22)21(25)18-11-12-23-13-16(18)2/h3-13H,14H2,1-2H3. The minimum Gasteiger partial charge on any atom is -0.302 e. The topological polar surface area (TPSA) is 33.2 Å². The SMILES string of the molecule is Cc1ccccc1CN(C(=O)c1ccncc1C)c1ccccc1Cl. The fourth-order valence-corrected chi connectivity index (χ4v) is 2.99. The van der Waals surface area contributed by atoms with E-state index < -0.39 is 0 Å². The lowest BCUT2D eigenvalue weighted by Gasteiger charge is -2.25. The Morgan fingerprint density at radius 1 is 1.00 bits per heavy atom. The van der Waals surface area contributed by atoms with Gasteiger partial charge in [0.1, 0.15) is 0 Å². The summed E-state index contributed by atoms with van der Waals surface area (Å²) in [4.78, 5) is 19.1. The van der Waals surface area contributed by atoms with E-state index in [4.69, 9.17) is 11.6 Å². The number of carbonyl (C=O) groups is 1. The summed E-state index contributed by atoms with van der Waals surface area (Å²) < 4.78 is 0. The minimum absolute atomic E-state index is 0.0868. The van der Waals surface area contributed by atoms with Crippen LogP contribution in [0, 0.1) is 13.8 Å². The number of carbonyl (C=O) groups excluding carboxylic acids is 1. The van der Waals surface area contributed by atoms with E-state index in [1.807, 2.05) is 56.3 Å². The number of amides is 1. The predicted octanol–water partition coefficient (Wildman–Crippen LogP) is 5.20. The fraction of sp³-hybridized carbons (Fsp3) is 0.143. The molecule has 2 aromatic carbocycles. The lowest BCUT2D eigenvalue weighted by molar-refractivity contribution is 0.0984. The highest BCUT2D eigenvalue weighted by atomic mass is 35.5. The zero-order valence-electron chi connectivity index (χ0n) is 14.2. The molecular formula is C21H19ClN2O. The molecule has 1 amide bonds. The zero-order valence-corrected chi connectivity index (χ0v) is 15.0. The van der Waals surface area contributed by atoms with Crippen molar-refractivity contribution >= 4 is 23.2 Å². The molecule has 0 radical (unpaired) electrons. The first-order valence-electron chi connectivity index (χ1n) is 8.09. The summed E-state index contributed by atoms with van der Waals surface area (Å²) in [6.07, 6.45) is 3.34. The molecule has 0 fully saturated rings. The molecule has 0 saturated carbocycles. The largest absolute Gasteiger partial charge is 0.302 e. The van der Waals surface area contributed by atoms with E-state index in [0.29, 0.717) is 22.8 Å². The molecule has 3 nitrogen and oxygen atoms in total. The Labute approximate surface area is 152 Å². The molecule has 0 bridgehead atoms. The van der Waals surface area contributed by atoms with Gasteiger partial charge >= 0.3 is 0 Å². The molecule has 0 aliphatic heterocycles. The van der Waals surface area contributed by atoms with E-state index >= 15 is 0 Å². The van der Waals surface area contributed by atoms with E-state index in [-0.39, 0.29) is 5.91 Å². The Kier molecular flexibility index (Phi) is 5.15. The van der Waals surface area contributed by atoms with Crippen LogP contribution in [0.5, 0.6) is 0 Å². The van der Waals surface area contributed by atoms with Crippen molar-refractivity contribution in [3.63, 3.8) is 0 Å². The van der Waals surface area contributed by atoms with E-state index in [0.717, 1.165) is 16.7 Å². The Bertz CT molecular complexity index is 908. The number of anilines is 1. The average molecular weight is 351 g/mol. The molecule has 3 rings (SSSR count). The first kappa shape index (κ1) is 17.2. The van der Waals surface area contributed by atoms with Crippen LogP contribution in [-0.2, 0) is 6.54 Å². The zero-order chi connectivity index (χ0) is 17.8. The third-order valence-corrected chi connectivity index (χ3v) is 4.55. The molecule has 4 heteroatoms. The second-order valence-corrected chi connectivity index (χ2v) is 6.37. The van der Waals surface area contributed by atoms with Gasteiger partial charge in [-0.25, -0.2) is 0 Å². The Balaban J connectivity index is 2.06. The molecule has 1 heterocycles. The number of aryl methyl sites for hydroxylation is 2. The molecule has 0 aliphatic carbocycles. The summed E-state index contributed by atoms with van der Waals surface area (Å²) in [5.74, 6) is -0.0868. The first-order chi connectivity index (χ1) is 12.1. The molecule has 0 saturated heterocycles. The molecule has 0 aliphatic rings. The van der Waals surface area contributed by atoms with Gasteiger partial charge in [0.05, 0.1) is 17.3 Å². The van der Waals surface area contributed by atoms with Crippen LogP contribution in [0.15, 0.2) is 67.0 Å². The van der Waals surface area contributed by atoms with Crippen LogP contribution in [0.25, 0.3) is 0 Å². The molecule has 3 aromatic rings. The van der Waals surface area contributed by atoms with Crippen molar-refractivity contribution in [2.75, 3.05) is 4.90 Å². The van der Waals surface area contributed by atoms with Gasteiger partial charge < -0.3 is 4.90 Å². The molecule has 126 valence electrons. The fourth-order valence-electron chi connectivity index (χ4n) is 2.75. The molecule has 0 N–H and O–H groups in total. The predicted molar refractivity (Wildman–Crippen MR) is 102 cm³/mol. The second kappa shape index (κ2) is 7.49. The monoisotopic (exact) mass is 350 g/mol. The molecule has 1 aromatic heterocycles. The highest BCUT2D eigenvalue weighted by Gasteiger charge is 2.22.